The maximum atomic E-state index is 12.3. The van der Waals surface area contributed by atoms with Crippen molar-refractivity contribution in [1.29, 1.82) is 0 Å². The zero-order valence-corrected chi connectivity index (χ0v) is 13.3. The molecule has 7 heteroatoms. The predicted molar refractivity (Wildman–Crippen MR) is 85.7 cm³/mol. The number of hydrogen-bond acceptors (Lipinski definition) is 4. The monoisotopic (exact) mass is 332 g/mol. The van der Waals surface area contributed by atoms with Gasteiger partial charge in [0.05, 0.1) is 4.90 Å². The molecule has 1 heterocycles. The molecule has 2 aromatic rings. The molecule has 3 N–H and O–H groups in total. The maximum Gasteiger partial charge on any atom is 0.265 e. The third-order valence-corrected chi connectivity index (χ3v) is 4.75. The molecule has 3 rings (SSSR count). The Morgan fingerprint density at radius 2 is 2.00 bits per heavy atom. The molecule has 23 heavy (non-hydrogen) atoms. The molecular weight excluding hydrogens is 316 g/mol. The van der Waals surface area contributed by atoms with Crippen LogP contribution in [-0.2, 0) is 21.2 Å². The first-order valence-electron chi connectivity index (χ1n) is 7.03. The van der Waals surface area contributed by atoms with Gasteiger partial charge in [0.1, 0.15) is 5.75 Å². The van der Waals surface area contributed by atoms with E-state index in [9.17, 15) is 13.2 Å². The number of benzene rings is 2. The lowest BCUT2D eigenvalue weighted by Crippen LogP contribution is -2.31. The number of anilines is 1. The number of hydrogen-bond donors (Lipinski definition) is 2. The van der Waals surface area contributed by atoms with E-state index in [0.717, 1.165) is 5.56 Å². The number of rotatable bonds is 3. The second-order valence-electron chi connectivity index (χ2n) is 5.43. The van der Waals surface area contributed by atoms with Crippen molar-refractivity contribution in [2.24, 2.45) is 5.14 Å². The van der Waals surface area contributed by atoms with Gasteiger partial charge in [0.15, 0.2) is 6.10 Å². The summed E-state index contributed by atoms with van der Waals surface area (Å²) in [7, 11) is -3.84. The van der Waals surface area contributed by atoms with Gasteiger partial charge in [-0.05, 0) is 36.2 Å². The number of para-hydroxylation sites is 1. The smallest absolute Gasteiger partial charge is 0.265 e. The summed E-state index contributed by atoms with van der Waals surface area (Å²) in [5.74, 6) is 0.368. The van der Waals surface area contributed by atoms with Crippen molar-refractivity contribution in [2.75, 3.05) is 5.32 Å². The van der Waals surface area contributed by atoms with E-state index in [1.165, 1.54) is 6.07 Å². The molecule has 0 saturated carbocycles. The maximum absolute atomic E-state index is 12.3. The summed E-state index contributed by atoms with van der Waals surface area (Å²) >= 11 is 0. The molecule has 0 aromatic heterocycles. The summed E-state index contributed by atoms with van der Waals surface area (Å²) in [5, 5.41) is 7.85. The van der Waals surface area contributed by atoms with Gasteiger partial charge in [-0.3, -0.25) is 4.79 Å². The average molecular weight is 332 g/mol. The minimum absolute atomic E-state index is 0.00840. The quantitative estimate of drug-likeness (QED) is 0.891. The normalized spacial score (nSPS) is 16.5. The van der Waals surface area contributed by atoms with Crippen molar-refractivity contribution in [3.05, 3.63) is 53.6 Å². The van der Waals surface area contributed by atoms with Crippen LogP contribution in [0.1, 0.15) is 11.1 Å². The first-order chi connectivity index (χ1) is 10.8. The molecule has 0 spiro atoms. The van der Waals surface area contributed by atoms with Crippen molar-refractivity contribution >= 4 is 21.6 Å². The third-order valence-electron chi connectivity index (χ3n) is 3.70. The molecule has 0 fully saturated rings. The van der Waals surface area contributed by atoms with Gasteiger partial charge in [0, 0.05) is 12.1 Å². The molecule has 0 bridgehead atoms. The topological polar surface area (TPSA) is 98.5 Å². The Labute approximate surface area is 134 Å². The molecule has 0 saturated heterocycles. The fraction of sp³-hybridized carbons (Fsp3) is 0.188. The molecular formula is C16H16N2O4S. The number of nitrogens with two attached hydrogens (primary N) is 1. The molecule has 6 nitrogen and oxygen atoms in total. The van der Waals surface area contributed by atoms with Gasteiger partial charge in [0.2, 0.25) is 10.0 Å². The number of sulfonamides is 1. The van der Waals surface area contributed by atoms with Crippen LogP contribution in [-0.4, -0.2) is 20.4 Å². The summed E-state index contributed by atoms with van der Waals surface area (Å²) in [4.78, 5) is 12.3. The van der Waals surface area contributed by atoms with Crippen LogP contribution >= 0.6 is 0 Å². The zero-order chi connectivity index (χ0) is 16.6. The van der Waals surface area contributed by atoms with Gasteiger partial charge in [-0.15, -0.1) is 0 Å². The second-order valence-corrected chi connectivity index (χ2v) is 6.96. The molecule has 1 atom stereocenters. The van der Waals surface area contributed by atoms with Crippen molar-refractivity contribution in [2.45, 2.75) is 24.3 Å². The Balaban J connectivity index is 1.77. The van der Waals surface area contributed by atoms with Gasteiger partial charge < -0.3 is 10.1 Å². The highest BCUT2D eigenvalue weighted by Gasteiger charge is 2.29. The predicted octanol–water partition coefficient (Wildman–Crippen LogP) is 1.58. The summed E-state index contributed by atoms with van der Waals surface area (Å²) in [6.07, 6.45) is -0.151. The highest BCUT2D eigenvalue weighted by atomic mass is 32.2. The van der Waals surface area contributed by atoms with E-state index in [1.54, 1.807) is 19.1 Å². The van der Waals surface area contributed by atoms with E-state index in [1.807, 2.05) is 24.3 Å². The number of primary sulfonamides is 1. The van der Waals surface area contributed by atoms with Crippen LogP contribution in [0, 0.1) is 6.92 Å². The van der Waals surface area contributed by atoms with Gasteiger partial charge in [0.25, 0.3) is 5.91 Å². The number of amides is 1. The number of aryl methyl sites for hydroxylation is 1. The molecule has 0 radical (unpaired) electrons. The van der Waals surface area contributed by atoms with Crippen LogP contribution in [0.5, 0.6) is 5.75 Å². The summed E-state index contributed by atoms with van der Waals surface area (Å²) in [6.45, 7) is 1.64. The van der Waals surface area contributed by atoms with E-state index >= 15 is 0 Å². The van der Waals surface area contributed by atoms with Crippen LogP contribution in [0.3, 0.4) is 0 Å². The van der Waals surface area contributed by atoms with Gasteiger partial charge in [-0.2, -0.15) is 0 Å². The lowest BCUT2D eigenvalue weighted by molar-refractivity contribution is -0.122. The summed E-state index contributed by atoms with van der Waals surface area (Å²) in [5.41, 5.74) is 1.86. The molecule has 1 aliphatic rings. The van der Waals surface area contributed by atoms with E-state index < -0.39 is 16.1 Å². The van der Waals surface area contributed by atoms with Crippen LogP contribution < -0.4 is 15.2 Å². The van der Waals surface area contributed by atoms with Gasteiger partial charge in [-0.25, -0.2) is 13.6 Å². The van der Waals surface area contributed by atoms with Crippen LogP contribution in [0.25, 0.3) is 0 Å². The molecule has 1 amide bonds. The van der Waals surface area contributed by atoms with Crippen molar-refractivity contribution in [3.8, 4) is 5.75 Å². The summed E-state index contributed by atoms with van der Waals surface area (Å²) in [6, 6.07) is 12.0. The van der Waals surface area contributed by atoms with Crippen LogP contribution in [0.2, 0.25) is 0 Å². The van der Waals surface area contributed by atoms with Gasteiger partial charge >= 0.3 is 0 Å². The standard InChI is InChI=1S/C16H16N2O4S/c1-10-6-7-12(9-15(10)23(17,20)21)18-16(19)14-8-11-4-2-3-5-13(11)22-14/h2-7,9,14H,8H2,1H3,(H,18,19)(H2,17,20,21). The molecule has 2 aromatic carbocycles. The Morgan fingerprint density at radius 1 is 1.26 bits per heavy atom. The Morgan fingerprint density at radius 3 is 2.70 bits per heavy atom. The lowest BCUT2D eigenvalue weighted by atomic mass is 10.1. The Kier molecular flexibility index (Phi) is 3.83. The summed E-state index contributed by atoms with van der Waals surface area (Å²) < 4.78 is 28.7. The van der Waals surface area contributed by atoms with Crippen molar-refractivity contribution < 1.29 is 17.9 Å². The van der Waals surface area contributed by atoms with Crippen molar-refractivity contribution in [3.63, 3.8) is 0 Å². The SMILES string of the molecule is Cc1ccc(NC(=O)C2Cc3ccccc3O2)cc1S(N)(=O)=O. The lowest BCUT2D eigenvalue weighted by Gasteiger charge is -2.13. The van der Waals surface area contributed by atoms with Crippen LogP contribution in [0.15, 0.2) is 47.4 Å². The fourth-order valence-electron chi connectivity index (χ4n) is 2.54. The largest absolute Gasteiger partial charge is 0.480 e. The second kappa shape index (κ2) is 5.68. The number of carbonyl (C=O) groups excluding carboxylic acids is 1. The van der Waals surface area contributed by atoms with Crippen molar-refractivity contribution in [1.82, 2.24) is 0 Å². The number of nitrogens with one attached hydrogen (secondary N) is 1. The third kappa shape index (κ3) is 3.20. The first-order valence-corrected chi connectivity index (χ1v) is 8.58. The first kappa shape index (κ1) is 15.5. The molecule has 120 valence electrons. The van der Waals surface area contributed by atoms with Gasteiger partial charge in [-0.1, -0.05) is 24.3 Å². The van der Waals surface area contributed by atoms with Crippen LogP contribution in [0.4, 0.5) is 5.69 Å². The highest BCUT2D eigenvalue weighted by molar-refractivity contribution is 7.89. The fourth-order valence-corrected chi connectivity index (χ4v) is 3.34. The Bertz CT molecular complexity index is 852. The van der Waals surface area contributed by atoms with E-state index in [4.69, 9.17) is 9.88 Å². The minimum atomic E-state index is -3.84. The average Bonchev–Trinajstić information content (AvgIpc) is 2.92. The highest BCUT2D eigenvalue weighted by Crippen LogP contribution is 2.29. The molecule has 1 unspecified atom stereocenters. The minimum Gasteiger partial charge on any atom is -0.480 e. The molecule has 0 aliphatic carbocycles. The van der Waals surface area contributed by atoms with E-state index in [0.29, 0.717) is 23.4 Å². The Hall–Kier alpha value is -2.38. The van der Waals surface area contributed by atoms with E-state index in [-0.39, 0.29) is 10.8 Å². The number of fused-ring (bicyclic) bond motifs is 1. The van der Waals surface area contributed by atoms with E-state index in [2.05, 4.69) is 5.32 Å². The number of ether oxygens (including phenoxy) is 1. The molecule has 1 aliphatic heterocycles. The zero-order valence-electron chi connectivity index (χ0n) is 12.4. The number of carbonyl (C=O) groups is 1.